The van der Waals surface area contributed by atoms with Crippen molar-refractivity contribution < 1.29 is 4.79 Å². The van der Waals surface area contributed by atoms with Crippen molar-refractivity contribution in [2.45, 2.75) is 31.8 Å². The fourth-order valence-corrected chi connectivity index (χ4v) is 1.66. The van der Waals surface area contributed by atoms with Crippen LogP contribution < -0.4 is 17.2 Å². The van der Waals surface area contributed by atoms with Crippen molar-refractivity contribution in [1.82, 2.24) is 0 Å². The fraction of sp³-hybridized carbons (Fsp3) is 0.417. The molecule has 1 rings (SSSR count). The highest BCUT2D eigenvalue weighted by Crippen LogP contribution is 2.11. The van der Waals surface area contributed by atoms with Crippen molar-refractivity contribution in [2.75, 3.05) is 0 Å². The summed E-state index contributed by atoms with van der Waals surface area (Å²) in [6.45, 7) is 0.540. The number of hydrogen-bond donors (Lipinski definition) is 3. The Bertz CT molecular complexity index is 352. The fourth-order valence-electron chi connectivity index (χ4n) is 1.66. The SMILES string of the molecule is NCc1ccccc1CCCC(N)C(N)=O. The lowest BCUT2D eigenvalue weighted by atomic mass is 10.0. The molecule has 1 aromatic carbocycles. The number of carbonyl (C=O) groups is 1. The Morgan fingerprint density at radius 1 is 1.25 bits per heavy atom. The van der Waals surface area contributed by atoms with E-state index < -0.39 is 11.9 Å². The highest BCUT2D eigenvalue weighted by molar-refractivity contribution is 5.79. The van der Waals surface area contributed by atoms with Crippen molar-refractivity contribution in [3.05, 3.63) is 35.4 Å². The quantitative estimate of drug-likeness (QED) is 0.644. The lowest BCUT2D eigenvalue weighted by molar-refractivity contribution is -0.119. The molecule has 0 heterocycles. The van der Waals surface area contributed by atoms with E-state index in [0.717, 1.165) is 18.4 Å². The standard InChI is InChI=1S/C12H19N3O/c13-8-10-5-2-1-4-9(10)6-3-7-11(14)12(15)16/h1-2,4-5,11H,3,6-8,13-14H2,(H2,15,16). The number of aryl methyl sites for hydroxylation is 1. The largest absolute Gasteiger partial charge is 0.368 e. The van der Waals surface area contributed by atoms with Gasteiger partial charge in [-0.15, -0.1) is 0 Å². The summed E-state index contributed by atoms with van der Waals surface area (Å²) >= 11 is 0. The molecule has 16 heavy (non-hydrogen) atoms. The molecule has 88 valence electrons. The molecule has 0 aliphatic heterocycles. The molecule has 4 nitrogen and oxygen atoms in total. The molecular formula is C12H19N3O. The van der Waals surface area contributed by atoms with Crippen LogP contribution in [0.25, 0.3) is 0 Å². The normalized spacial score (nSPS) is 12.4. The van der Waals surface area contributed by atoms with Crippen LogP contribution in [0.15, 0.2) is 24.3 Å². The third-order valence-electron chi connectivity index (χ3n) is 2.66. The second-order valence-electron chi connectivity index (χ2n) is 3.87. The molecule has 0 aliphatic carbocycles. The van der Waals surface area contributed by atoms with Gasteiger partial charge >= 0.3 is 0 Å². The van der Waals surface area contributed by atoms with Gasteiger partial charge in [0, 0.05) is 6.54 Å². The molecule has 0 aliphatic rings. The first-order valence-corrected chi connectivity index (χ1v) is 5.47. The van der Waals surface area contributed by atoms with Crippen molar-refractivity contribution in [3.63, 3.8) is 0 Å². The Hall–Kier alpha value is -1.39. The van der Waals surface area contributed by atoms with E-state index in [4.69, 9.17) is 17.2 Å². The van der Waals surface area contributed by atoms with Gasteiger partial charge in [0.1, 0.15) is 0 Å². The number of hydrogen-bond acceptors (Lipinski definition) is 3. The Morgan fingerprint density at radius 3 is 2.44 bits per heavy atom. The predicted molar refractivity (Wildman–Crippen MR) is 64.4 cm³/mol. The van der Waals surface area contributed by atoms with Crippen LogP contribution in [0.5, 0.6) is 0 Å². The smallest absolute Gasteiger partial charge is 0.234 e. The maximum Gasteiger partial charge on any atom is 0.234 e. The summed E-state index contributed by atoms with van der Waals surface area (Å²) in [5, 5.41) is 0. The van der Waals surface area contributed by atoms with Crippen molar-refractivity contribution >= 4 is 5.91 Å². The molecule has 0 fully saturated rings. The van der Waals surface area contributed by atoms with Crippen LogP contribution in [-0.4, -0.2) is 11.9 Å². The van der Waals surface area contributed by atoms with Crippen molar-refractivity contribution in [1.29, 1.82) is 0 Å². The topological polar surface area (TPSA) is 95.1 Å². The van der Waals surface area contributed by atoms with E-state index in [2.05, 4.69) is 6.07 Å². The summed E-state index contributed by atoms with van der Waals surface area (Å²) in [6, 6.07) is 7.50. The maximum absolute atomic E-state index is 10.7. The number of carbonyl (C=O) groups excluding carboxylic acids is 1. The molecule has 1 atom stereocenters. The lowest BCUT2D eigenvalue weighted by Crippen LogP contribution is -2.36. The molecule has 0 spiro atoms. The molecule has 0 saturated heterocycles. The van der Waals surface area contributed by atoms with Gasteiger partial charge in [0.05, 0.1) is 6.04 Å². The predicted octanol–water partition coefficient (Wildman–Crippen LogP) is 0.281. The summed E-state index contributed by atoms with van der Waals surface area (Å²) in [5.74, 6) is -0.438. The zero-order chi connectivity index (χ0) is 12.0. The minimum Gasteiger partial charge on any atom is -0.368 e. The summed E-state index contributed by atoms with van der Waals surface area (Å²) < 4.78 is 0. The second-order valence-corrected chi connectivity index (χ2v) is 3.87. The van der Waals surface area contributed by atoms with Gasteiger partial charge in [-0.3, -0.25) is 4.79 Å². The average molecular weight is 221 g/mol. The summed E-state index contributed by atoms with van der Waals surface area (Å²) in [6.07, 6.45) is 2.35. The van der Waals surface area contributed by atoms with Gasteiger partial charge in [-0.2, -0.15) is 0 Å². The Kier molecular flexibility index (Phi) is 4.95. The van der Waals surface area contributed by atoms with Crippen molar-refractivity contribution in [3.8, 4) is 0 Å². The van der Waals surface area contributed by atoms with Crippen LogP contribution in [0, 0.1) is 0 Å². The van der Waals surface area contributed by atoms with Gasteiger partial charge in [-0.1, -0.05) is 24.3 Å². The monoisotopic (exact) mass is 221 g/mol. The van der Waals surface area contributed by atoms with Gasteiger partial charge < -0.3 is 17.2 Å². The van der Waals surface area contributed by atoms with Crippen LogP contribution in [0.1, 0.15) is 24.0 Å². The molecule has 0 saturated carbocycles. The first-order valence-electron chi connectivity index (χ1n) is 5.47. The molecule has 0 aromatic heterocycles. The minimum atomic E-state index is -0.537. The Balaban J connectivity index is 2.45. The molecule has 4 heteroatoms. The van der Waals surface area contributed by atoms with E-state index in [1.807, 2.05) is 18.2 Å². The van der Waals surface area contributed by atoms with Gasteiger partial charge in [0.2, 0.25) is 5.91 Å². The van der Waals surface area contributed by atoms with E-state index in [1.54, 1.807) is 0 Å². The van der Waals surface area contributed by atoms with Crippen LogP contribution in [-0.2, 0) is 17.8 Å². The van der Waals surface area contributed by atoms with E-state index in [9.17, 15) is 4.79 Å². The van der Waals surface area contributed by atoms with Crippen LogP contribution in [0.4, 0.5) is 0 Å². The van der Waals surface area contributed by atoms with Crippen LogP contribution >= 0.6 is 0 Å². The number of primary amides is 1. The Morgan fingerprint density at radius 2 is 1.88 bits per heavy atom. The van der Waals surface area contributed by atoms with E-state index in [0.29, 0.717) is 13.0 Å². The maximum atomic E-state index is 10.7. The molecule has 0 radical (unpaired) electrons. The van der Waals surface area contributed by atoms with Gasteiger partial charge in [0.15, 0.2) is 0 Å². The molecule has 1 unspecified atom stereocenters. The van der Waals surface area contributed by atoms with Crippen LogP contribution in [0.2, 0.25) is 0 Å². The first-order chi connectivity index (χ1) is 7.65. The highest BCUT2D eigenvalue weighted by Gasteiger charge is 2.08. The average Bonchev–Trinajstić information content (AvgIpc) is 2.29. The second kappa shape index (κ2) is 6.25. The third-order valence-corrected chi connectivity index (χ3v) is 2.66. The molecule has 1 amide bonds. The zero-order valence-electron chi connectivity index (χ0n) is 9.36. The summed E-state index contributed by atoms with van der Waals surface area (Å²) in [7, 11) is 0. The lowest BCUT2D eigenvalue weighted by Gasteiger charge is -2.09. The summed E-state index contributed by atoms with van der Waals surface area (Å²) in [5.41, 5.74) is 18.6. The minimum absolute atomic E-state index is 0.438. The number of benzene rings is 1. The van der Waals surface area contributed by atoms with E-state index in [1.165, 1.54) is 5.56 Å². The molecular weight excluding hydrogens is 202 g/mol. The van der Waals surface area contributed by atoms with E-state index in [-0.39, 0.29) is 0 Å². The van der Waals surface area contributed by atoms with E-state index >= 15 is 0 Å². The molecule has 6 N–H and O–H groups in total. The molecule has 0 bridgehead atoms. The highest BCUT2D eigenvalue weighted by atomic mass is 16.1. The van der Waals surface area contributed by atoms with Gasteiger partial charge in [-0.05, 0) is 30.4 Å². The number of nitrogens with two attached hydrogens (primary N) is 3. The van der Waals surface area contributed by atoms with Crippen molar-refractivity contribution in [2.24, 2.45) is 17.2 Å². The number of rotatable bonds is 6. The first kappa shape index (κ1) is 12.7. The van der Waals surface area contributed by atoms with Crippen LogP contribution in [0.3, 0.4) is 0 Å². The number of amides is 1. The van der Waals surface area contributed by atoms with Gasteiger partial charge in [-0.25, -0.2) is 0 Å². The third kappa shape index (κ3) is 3.64. The molecule has 1 aromatic rings. The zero-order valence-corrected chi connectivity index (χ0v) is 9.36. The Labute approximate surface area is 95.8 Å². The summed E-state index contributed by atoms with van der Waals surface area (Å²) in [4.78, 5) is 10.7. The van der Waals surface area contributed by atoms with Gasteiger partial charge in [0.25, 0.3) is 0 Å².